The van der Waals surface area contributed by atoms with Gasteiger partial charge in [0.1, 0.15) is 5.82 Å². The Kier molecular flexibility index (Phi) is 6.03. The second-order valence-corrected chi connectivity index (χ2v) is 6.93. The number of thioether (sulfide) groups is 1. The standard InChI is InChI=1S/C17H23N5OS/c1-6-11-22-13(3)19-20-17(22)24-12(2)16(23)18-14-7-9-15(10-8-14)21(4)5/h6-10,12H,1,11H2,2-5H3,(H,18,23). The fourth-order valence-corrected chi connectivity index (χ4v) is 2.99. The van der Waals surface area contributed by atoms with E-state index < -0.39 is 0 Å². The van der Waals surface area contributed by atoms with Crippen molar-refractivity contribution in [3.8, 4) is 0 Å². The van der Waals surface area contributed by atoms with Gasteiger partial charge in [0.25, 0.3) is 0 Å². The highest BCUT2D eigenvalue weighted by Crippen LogP contribution is 2.24. The summed E-state index contributed by atoms with van der Waals surface area (Å²) in [7, 11) is 3.96. The highest BCUT2D eigenvalue weighted by atomic mass is 32.2. The fraction of sp³-hybridized carbons (Fsp3) is 0.353. The number of benzene rings is 1. The molecule has 0 bridgehead atoms. The molecular formula is C17H23N5OS. The average molecular weight is 345 g/mol. The van der Waals surface area contributed by atoms with E-state index in [2.05, 4.69) is 22.1 Å². The van der Waals surface area contributed by atoms with Gasteiger partial charge in [-0.25, -0.2) is 0 Å². The third-order valence-corrected chi connectivity index (χ3v) is 4.60. The van der Waals surface area contributed by atoms with Gasteiger partial charge in [-0.3, -0.25) is 4.79 Å². The summed E-state index contributed by atoms with van der Waals surface area (Å²) in [6, 6.07) is 7.74. The van der Waals surface area contributed by atoms with Crippen molar-refractivity contribution in [1.29, 1.82) is 0 Å². The van der Waals surface area contributed by atoms with Gasteiger partial charge in [0.2, 0.25) is 5.91 Å². The molecule has 1 N–H and O–H groups in total. The molecule has 1 amide bonds. The molecule has 7 heteroatoms. The van der Waals surface area contributed by atoms with Gasteiger partial charge < -0.3 is 14.8 Å². The number of nitrogens with zero attached hydrogens (tertiary/aromatic N) is 4. The number of allylic oxidation sites excluding steroid dienone is 1. The van der Waals surface area contributed by atoms with Gasteiger partial charge in [-0.15, -0.1) is 16.8 Å². The Morgan fingerprint density at radius 1 is 1.38 bits per heavy atom. The number of carbonyl (C=O) groups is 1. The lowest BCUT2D eigenvalue weighted by Gasteiger charge is -2.15. The number of aryl methyl sites for hydroxylation is 1. The second kappa shape index (κ2) is 8.01. The van der Waals surface area contributed by atoms with E-state index in [1.807, 2.05) is 61.7 Å². The largest absolute Gasteiger partial charge is 0.378 e. The van der Waals surface area contributed by atoms with Gasteiger partial charge in [-0.2, -0.15) is 0 Å². The van der Waals surface area contributed by atoms with E-state index in [4.69, 9.17) is 0 Å². The molecule has 0 saturated heterocycles. The number of amides is 1. The van der Waals surface area contributed by atoms with Crippen molar-refractivity contribution in [3.05, 3.63) is 42.7 Å². The van der Waals surface area contributed by atoms with Crippen molar-refractivity contribution in [2.75, 3.05) is 24.3 Å². The molecule has 2 rings (SSSR count). The molecule has 0 aliphatic carbocycles. The Bertz CT molecular complexity index is 708. The summed E-state index contributed by atoms with van der Waals surface area (Å²) in [5.74, 6) is 0.743. The van der Waals surface area contributed by atoms with Crippen LogP contribution in [0.2, 0.25) is 0 Å². The predicted octanol–water partition coefficient (Wildman–Crippen LogP) is 2.96. The molecule has 6 nitrogen and oxygen atoms in total. The lowest BCUT2D eigenvalue weighted by Crippen LogP contribution is -2.23. The van der Waals surface area contributed by atoms with E-state index >= 15 is 0 Å². The first-order valence-corrected chi connectivity index (χ1v) is 8.56. The van der Waals surface area contributed by atoms with Gasteiger partial charge in [0.15, 0.2) is 5.16 Å². The number of hydrogen-bond donors (Lipinski definition) is 1. The molecule has 1 heterocycles. The number of carbonyl (C=O) groups excluding carboxylic acids is 1. The van der Waals surface area contributed by atoms with Crippen LogP contribution in [0, 0.1) is 6.92 Å². The minimum atomic E-state index is -0.286. The molecule has 0 spiro atoms. The van der Waals surface area contributed by atoms with E-state index in [9.17, 15) is 4.79 Å². The maximum absolute atomic E-state index is 12.4. The van der Waals surface area contributed by atoms with E-state index in [1.54, 1.807) is 6.08 Å². The first kappa shape index (κ1) is 18.1. The van der Waals surface area contributed by atoms with Crippen LogP contribution in [-0.4, -0.2) is 40.0 Å². The first-order chi connectivity index (χ1) is 11.4. The van der Waals surface area contributed by atoms with Crippen molar-refractivity contribution >= 4 is 29.0 Å². The fourth-order valence-electron chi connectivity index (χ4n) is 2.09. The minimum absolute atomic E-state index is 0.0663. The summed E-state index contributed by atoms with van der Waals surface area (Å²) >= 11 is 1.39. The molecule has 2 aromatic rings. The molecule has 1 aromatic carbocycles. The third kappa shape index (κ3) is 4.38. The maximum Gasteiger partial charge on any atom is 0.237 e. The van der Waals surface area contributed by atoms with Crippen molar-refractivity contribution in [2.45, 2.75) is 30.8 Å². The normalized spacial score (nSPS) is 11.8. The zero-order chi connectivity index (χ0) is 17.7. The molecule has 24 heavy (non-hydrogen) atoms. The highest BCUT2D eigenvalue weighted by molar-refractivity contribution is 8.00. The van der Waals surface area contributed by atoms with Crippen molar-refractivity contribution < 1.29 is 4.79 Å². The smallest absolute Gasteiger partial charge is 0.237 e. The zero-order valence-corrected chi connectivity index (χ0v) is 15.3. The van der Waals surface area contributed by atoms with Gasteiger partial charge in [-0.1, -0.05) is 17.8 Å². The summed E-state index contributed by atoms with van der Waals surface area (Å²) in [6.07, 6.45) is 1.79. The number of nitrogens with one attached hydrogen (secondary N) is 1. The van der Waals surface area contributed by atoms with Crippen LogP contribution < -0.4 is 10.2 Å². The topological polar surface area (TPSA) is 63.1 Å². The van der Waals surface area contributed by atoms with Gasteiger partial charge in [0.05, 0.1) is 5.25 Å². The first-order valence-electron chi connectivity index (χ1n) is 7.68. The quantitative estimate of drug-likeness (QED) is 0.617. The van der Waals surface area contributed by atoms with Crippen molar-refractivity contribution in [1.82, 2.24) is 14.8 Å². The molecule has 0 fully saturated rings. The highest BCUT2D eigenvalue weighted by Gasteiger charge is 2.19. The molecule has 1 unspecified atom stereocenters. The summed E-state index contributed by atoms with van der Waals surface area (Å²) in [5, 5.41) is 11.6. The Morgan fingerprint density at radius 2 is 2.04 bits per heavy atom. The Morgan fingerprint density at radius 3 is 2.62 bits per heavy atom. The summed E-state index contributed by atoms with van der Waals surface area (Å²) < 4.78 is 1.94. The van der Waals surface area contributed by atoms with Gasteiger partial charge >= 0.3 is 0 Å². The molecule has 0 aliphatic rings. The Hall–Kier alpha value is -2.28. The Balaban J connectivity index is 2.00. The minimum Gasteiger partial charge on any atom is -0.378 e. The maximum atomic E-state index is 12.4. The molecule has 0 radical (unpaired) electrons. The monoisotopic (exact) mass is 345 g/mol. The van der Waals surface area contributed by atoms with E-state index in [-0.39, 0.29) is 11.2 Å². The predicted molar refractivity (Wildman–Crippen MR) is 99.7 cm³/mol. The van der Waals surface area contributed by atoms with Crippen LogP contribution in [0.4, 0.5) is 11.4 Å². The van der Waals surface area contributed by atoms with Gasteiger partial charge in [-0.05, 0) is 38.1 Å². The Labute approximate surface area is 147 Å². The van der Waals surface area contributed by atoms with E-state index in [0.717, 1.165) is 22.4 Å². The number of hydrogen-bond acceptors (Lipinski definition) is 5. The third-order valence-electron chi connectivity index (χ3n) is 3.52. The van der Waals surface area contributed by atoms with Crippen LogP contribution in [0.5, 0.6) is 0 Å². The SMILES string of the molecule is C=CCn1c(C)nnc1SC(C)C(=O)Nc1ccc(N(C)C)cc1. The lowest BCUT2D eigenvalue weighted by atomic mass is 10.2. The molecule has 128 valence electrons. The van der Waals surface area contributed by atoms with Crippen LogP contribution in [0.25, 0.3) is 0 Å². The molecule has 0 saturated carbocycles. The lowest BCUT2D eigenvalue weighted by molar-refractivity contribution is -0.115. The van der Waals surface area contributed by atoms with Crippen LogP contribution in [0.1, 0.15) is 12.7 Å². The summed E-state index contributed by atoms with van der Waals surface area (Å²) in [6.45, 7) is 8.11. The van der Waals surface area contributed by atoms with Gasteiger partial charge in [0, 0.05) is 32.0 Å². The van der Waals surface area contributed by atoms with Crippen LogP contribution >= 0.6 is 11.8 Å². The number of aromatic nitrogens is 3. The molecule has 1 atom stereocenters. The number of anilines is 2. The van der Waals surface area contributed by atoms with E-state index in [0.29, 0.717) is 6.54 Å². The zero-order valence-electron chi connectivity index (χ0n) is 14.5. The number of rotatable bonds is 7. The second-order valence-electron chi connectivity index (χ2n) is 5.62. The summed E-state index contributed by atoms with van der Waals surface area (Å²) in [5.41, 5.74) is 1.87. The van der Waals surface area contributed by atoms with Crippen molar-refractivity contribution in [2.24, 2.45) is 0 Å². The summed E-state index contributed by atoms with van der Waals surface area (Å²) in [4.78, 5) is 14.4. The average Bonchev–Trinajstić information content (AvgIpc) is 2.89. The molecular weight excluding hydrogens is 322 g/mol. The van der Waals surface area contributed by atoms with Crippen molar-refractivity contribution in [3.63, 3.8) is 0 Å². The molecule has 1 aromatic heterocycles. The molecule has 0 aliphatic heterocycles. The van der Waals surface area contributed by atoms with E-state index in [1.165, 1.54) is 11.8 Å². The van der Waals surface area contributed by atoms with Crippen LogP contribution in [0.3, 0.4) is 0 Å². The van der Waals surface area contributed by atoms with Crippen LogP contribution in [0.15, 0.2) is 42.1 Å². The van der Waals surface area contributed by atoms with Crippen LogP contribution in [-0.2, 0) is 11.3 Å².